The fourth-order valence-corrected chi connectivity index (χ4v) is 4.16. The largest absolute Gasteiger partial charge is 0.573 e. The number of unbranched alkanes of at least 4 members (excludes halogenated alkanes) is 1. The Hall–Kier alpha value is -4.36. The van der Waals surface area contributed by atoms with E-state index < -0.39 is 30.2 Å². The number of carboxylic acid groups (broad SMARTS) is 1. The molecule has 0 aliphatic heterocycles. The van der Waals surface area contributed by atoms with Crippen molar-refractivity contribution in [2.24, 2.45) is 0 Å². The molecule has 0 radical (unpaired) electrons. The summed E-state index contributed by atoms with van der Waals surface area (Å²) < 4.78 is 71.0. The van der Waals surface area contributed by atoms with Gasteiger partial charge in [0.1, 0.15) is 23.9 Å². The van der Waals surface area contributed by atoms with E-state index in [2.05, 4.69) is 10.1 Å². The Morgan fingerprint density at radius 1 is 0.867 bits per heavy atom. The van der Waals surface area contributed by atoms with Crippen LogP contribution in [0.15, 0.2) is 72.8 Å². The SMILES string of the molecule is CCOC(Cc1ccc(OCCN(CCCCOCc2ccc(F)cc2)C(=O)Nc2ccc(OC(F)(F)F)cc2)cc1)C(=O)O. The first kappa shape index (κ1) is 35.1. The van der Waals surface area contributed by atoms with Gasteiger partial charge in [0.2, 0.25) is 0 Å². The molecule has 0 spiro atoms. The lowest BCUT2D eigenvalue weighted by Crippen LogP contribution is -2.38. The van der Waals surface area contributed by atoms with Crippen molar-refractivity contribution >= 4 is 17.7 Å². The Balaban J connectivity index is 1.53. The summed E-state index contributed by atoms with van der Waals surface area (Å²) in [6, 6.07) is 17.2. The van der Waals surface area contributed by atoms with Crippen molar-refractivity contribution in [2.45, 2.75) is 45.3 Å². The molecule has 45 heavy (non-hydrogen) atoms. The van der Waals surface area contributed by atoms with Crippen LogP contribution in [0, 0.1) is 5.82 Å². The third-order valence-electron chi connectivity index (χ3n) is 6.39. The molecule has 13 heteroatoms. The van der Waals surface area contributed by atoms with Gasteiger partial charge in [0.05, 0.1) is 13.2 Å². The first-order valence-electron chi connectivity index (χ1n) is 14.3. The number of anilines is 1. The maximum Gasteiger partial charge on any atom is 0.573 e. The Kier molecular flexibility index (Phi) is 13.9. The van der Waals surface area contributed by atoms with Gasteiger partial charge in [0.25, 0.3) is 0 Å². The smallest absolute Gasteiger partial charge is 0.492 e. The van der Waals surface area contributed by atoms with E-state index in [0.717, 1.165) is 23.3 Å². The van der Waals surface area contributed by atoms with Gasteiger partial charge in [-0.25, -0.2) is 14.0 Å². The molecule has 0 saturated heterocycles. The second kappa shape index (κ2) is 17.8. The molecule has 3 aromatic rings. The van der Waals surface area contributed by atoms with E-state index in [1.807, 2.05) is 0 Å². The van der Waals surface area contributed by atoms with Crippen LogP contribution in [0.3, 0.4) is 0 Å². The quantitative estimate of drug-likeness (QED) is 0.119. The molecule has 1 atom stereocenters. The number of nitrogens with one attached hydrogen (secondary N) is 1. The van der Waals surface area contributed by atoms with Crippen LogP contribution in [0.1, 0.15) is 30.9 Å². The molecule has 2 N–H and O–H groups in total. The molecular formula is C32H36F4N2O7. The van der Waals surface area contributed by atoms with E-state index in [0.29, 0.717) is 38.3 Å². The number of hydrogen-bond donors (Lipinski definition) is 2. The number of ether oxygens (including phenoxy) is 4. The molecule has 244 valence electrons. The number of carboxylic acids is 1. The van der Waals surface area contributed by atoms with Crippen LogP contribution in [0.5, 0.6) is 11.5 Å². The molecule has 0 aliphatic carbocycles. The summed E-state index contributed by atoms with van der Waals surface area (Å²) in [5.74, 6) is -1.25. The lowest BCUT2D eigenvalue weighted by Gasteiger charge is -2.23. The molecule has 0 aromatic heterocycles. The van der Waals surface area contributed by atoms with Crippen molar-refractivity contribution in [3.05, 3.63) is 89.7 Å². The number of urea groups is 1. The zero-order valence-electron chi connectivity index (χ0n) is 24.7. The third kappa shape index (κ3) is 13.4. The highest BCUT2D eigenvalue weighted by Crippen LogP contribution is 2.24. The first-order valence-corrected chi connectivity index (χ1v) is 14.3. The Morgan fingerprint density at radius 2 is 1.51 bits per heavy atom. The second-order valence-corrected chi connectivity index (χ2v) is 9.85. The van der Waals surface area contributed by atoms with Gasteiger partial charge in [-0.3, -0.25) is 0 Å². The molecule has 0 saturated carbocycles. The van der Waals surface area contributed by atoms with Crippen LogP contribution in [-0.2, 0) is 27.3 Å². The zero-order valence-corrected chi connectivity index (χ0v) is 24.7. The lowest BCUT2D eigenvalue weighted by molar-refractivity contribution is -0.274. The van der Waals surface area contributed by atoms with Crippen LogP contribution >= 0.6 is 0 Å². The van der Waals surface area contributed by atoms with Crippen molar-refractivity contribution < 1.29 is 51.2 Å². The van der Waals surface area contributed by atoms with Crippen molar-refractivity contribution in [3.63, 3.8) is 0 Å². The van der Waals surface area contributed by atoms with Gasteiger partial charge in [-0.15, -0.1) is 13.2 Å². The van der Waals surface area contributed by atoms with Gasteiger partial charge in [-0.1, -0.05) is 24.3 Å². The van der Waals surface area contributed by atoms with Gasteiger partial charge in [-0.2, -0.15) is 0 Å². The molecule has 3 rings (SSSR count). The average Bonchev–Trinajstić information content (AvgIpc) is 2.99. The van der Waals surface area contributed by atoms with Gasteiger partial charge in [0, 0.05) is 31.9 Å². The molecule has 0 heterocycles. The number of alkyl halides is 3. The molecule has 2 amide bonds. The number of nitrogens with zero attached hydrogens (tertiary/aromatic N) is 1. The van der Waals surface area contributed by atoms with Gasteiger partial charge in [-0.05, 0) is 79.4 Å². The molecule has 0 fully saturated rings. The summed E-state index contributed by atoms with van der Waals surface area (Å²) in [6.07, 6.45) is -4.34. The van der Waals surface area contributed by atoms with Crippen molar-refractivity contribution in [1.29, 1.82) is 0 Å². The monoisotopic (exact) mass is 636 g/mol. The molecule has 1 unspecified atom stereocenters. The van der Waals surface area contributed by atoms with Crippen LogP contribution < -0.4 is 14.8 Å². The standard InChI is InChI=1S/C32H36F4N2O7/c1-2-43-29(30(39)40)21-23-7-13-27(14-8-23)44-20-18-38(17-3-4-19-42-22-24-5-9-25(33)10-6-24)31(41)37-26-11-15-28(16-12-26)45-32(34,35)36/h5-16,29H,2-4,17-22H2,1H3,(H,37,41)(H,39,40). The Bertz CT molecular complexity index is 1320. The van der Waals surface area contributed by atoms with Crippen LogP contribution in [-0.4, -0.2) is 67.4 Å². The Morgan fingerprint density at radius 3 is 2.13 bits per heavy atom. The van der Waals surface area contributed by atoms with Gasteiger partial charge >= 0.3 is 18.4 Å². The number of rotatable bonds is 18. The fraction of sp³-hybridized carbons (Fsp3) is 0.375. The van der Waals surface area contributed by atoms with E-state index in [9.17, 15) is 32.3 Å². The topological polar surface area (TPSA) is 107 Å². The van der Waals surface area contributed by atoms with E-state index in [1.54, 1.807) is 43.3 Å². The molecule has 9 nitrogen and oxygen atoms in total. The van der Waals surface area contributed by atoms with Gasteiger partial charge < -0.3 is 34.3 Å². The van der Waals surface area contributed by atoms with E-state index in [1.165, 1.54) is 29.2 Å². The number of hydrogen-bond acceptors (Lipinski definition) is 6. The van der Waals surface area contributed by atoms with E-state index in [4.69, 9.17) is 14.2 Å². The summed E-state index contributed by atoms with van der Waals surface area (Å²) >= 11 is 0. The predicted octanol–water partition coefficient (Wildman–Crippen LogP) is 6.67. The fourth-order valence-electron chi connectivity index (χ4n) is 4.16. The van der Waals surface area contributed by atoms with Crippen molar-refractivity contribution in [3.8, 4) is 11.5 Å². The minimum atomic E-state index is -4.82. The number of halogens is 4. The second-order valence-electron chi connectivity index (χ2n) is 9.85. The zero-order chi connectivity index (χ0) is 32.7. The Labute approximate surface area is 258 Å². The predicted molar refractivity (Wildman–Crippen MR) is 158 cm³/mol. The van der Waals surface area contributed by atoms with Crippen LogP contribution in [0.2, 0.25) is 0 Å². The minimum Gasteiger partial charge on any atom is -0.492 e. The summed E-state index contributed by atoms with van der Waals surface area (Å²) in [6.45, 7) is 3.44. The van der Waals surface area contributed by atoms with Crippen LogP contribution in [0.25, 0.3) is 0 Å². The summed E-state index contributed by atoms with van der Waals surface area (Å²) in [7, 11) is 0. The van der Waals surface area contributed by atoms with Crippen molar-refractivity contribution in [2.75, 3.05) is 38.2 Å². The lowest BCUT2D eigenvalue weighted by atomic mass is 10.1. The highest BCUT2D eigenvalue weighted by molar-refractivity contribution is 5.89. The normalized spacial score (nSPS) is 11.9. The molecule has 0 bridgehead atoms. The van der Waals surface area contributed by atoms with E-state index >= 15 is 0 Å². The number of amides is 2. The van der Waals surface area contributed by atoms with Crippen molar-refractivity contribution in [1.82, 2.24) is 4.90 Å². The minimum absolute atomic E-state index is 0.142. The molecule has 3 aromatic carbocycles. The van der Waals surface area contributed by atoms with Gasteiger partial charge in [0.15, 0.2) is 6.10 Å². The number of carbonyl (C=O) groups excluding carboxylic acids is 1. The maximum atomic E-state index is 13.1. The molecule has 0 aliphatic rings. The first-order chi connectivity index (χ1) is 21.5. The van der Waals surface area contributed by atoms with Crippen LogP contribution in [0.4, 0.5) is 28.0 Å². The maximum absolute atomic E-state index is 13.1. The summed E-state index contributed by atoms with van der Waals surface area (Å²) in [5, 5.41) is 12.0. The van der Waals surface area contributed by atoms with E-state index in [-0.39, 0.29) is 37.7 Å². The highest BCUT2D eigenvalue weighted by atomic mass is 19.4. The number of benzene rings is 3. The molecular weight excluding hydrogens is 600 g/mol. The summed E-state index contributed by atoms with van der Waals surface area (Å²) in [5.41, 5.74) is 1.88. The summed E-state index contributed by atoms with van der Waals surface area (Å²) in [4.78, 5) is 26.0. The number of aliphatic carboxylic acids is 1. The average molecular weight is 637 g/mol. The number of carbonyl (C=O) groups is 2. The third-order valence-corrected chi connectivity index (χ3v) is 6.39. The highest BCUT2D eigenvalue weighted by Gasteiger charge is 2.31.